The van der Waals surface area contributed by atoms with Crippen LogP contribution in [-0.2, 0) is 20.7 Å². The van der Waals surface area contributed by atoms with Gasteiger partial charge in [0, 0.05) is 0 Å². The number of carbonyl (C=O) groups excluding carboxylic acids is 1. The zero-order valence-electron chi connectivity index (χ0n) is 15.9. The number of esters is 1. The molecule has 30 heavy (non-hydrogen) atoms. The summed E-state index contributed by atoms with van der Waals surface area (Å²) in [6.07, 6.45) is -1.54. The Balaban J connectivity index is 1.39. The van der Waals surface area contributed by atoms with Crippen LogP contribution < -0.4 is 11.5 Å². The third-order valence-corrected chi connectivity index (χ3v) is 4.99. The number of benzene rings is 1. The Morgan fingerprint density at radius 2 is 1.97 bits per heavy atom. The molecular formula is C19H22N6O5. The summed E-state index contributed by atoms with van der Waals surface area (Å²) >= 11 is 0. The molecule has 0 aliphatic carbocycles. The number of aliphatic hydroxyl groups excluding tert-OH is 2. The molecule has 0 spiro atoms. The predicted octanol–water partition coefficient (Wildman–Crippen LogP) is -0.859. The quantitative estimate of drug-likeness (QED) is 0.372. The molecule has 0 unspecified atom stereocenters. The highest BCUT2D eigenvalue weighted by atomic mass is 16.6. The maximum Gasteiger partial charge on any atom is 0.323 e. The number of rotatable bonds is 6. The van der Waals surface area contributed by atoms with Crippen molar-refractivity contribution in [3.63, 3.8) is 0 Å². The van der Waals surface area contributed by atoms with Crippen LogP contribution in [0.25, 0.3) is 11.2 Å². The summed E-state index contributed by atoms with van der Waals surface area (Å²) in [7, 11) is 0. The predicted molar refractivity (Wildman–Crippen MR) is 105 cm³/mol. The third-order valence-electron chi connectivity index (χ3n) is 4.99. The Morgan fingerprint density at radius 1 is 1.20 bits per heavy atom. The zero-order valence-corrected chi connectivity index (χ0v) is 15.9. The van der Waals surface area contributed by atoms with Crippen LogP contribution in [-0.4, -0.2) is 66.7 Å². The van der Waals surface area contributed by atoms with Gasteiger partial charge in [0.05, 0.1) is 6.33 Å². The van der Waals surface area contributed by atoms with Gasteiger partial charge in [-0.2, -0.15) is 0 Å². The summed E-state index contributed by atoms with van der Waals surface area (Å²) in [5.41, 5.74) is 13.3. The minimum atomic E-state index is -1.29. The van der Waals surface area contributed by atoms with Gasteiger partial charge in [0.25, 0.3) is 0 Å². The van der Waals surface area contributed by atoms with Crippen molar-refractivity contribution in [1.29, 1.82) is 0 Å². The molecule has 3 heterocycles. The van der Waals surface area contributed by atoms with Crippen molar-refractivity contribution in [3.05, 3.63) is 48.5 Å². The van der Waals surface area contributed by atoms with E-state index in [-0.39, 0.29) is 12.4 Å². The molecule has 0 saturated carbocycles. The number of imidazole rings is 1. The molecular weight excluding hydrogens is 392 g/mol. The lowest BCUT2D eigenvalue weighted by Gasteiger charge is -2.17. The topological polar surface area (TPSA) is 172 Å². The van der Waals surface area contributed by atoms with E-state index in [1.165, 1.54) is 17.2 Å². The van der Waals surface area contributed by atoms with E-state index in [0.717, 1.165) is 5.56 Å². The Hall–Kier alpha value is -3.12. The average Bonchev–Trinajstić information content (AvgIpc) is 3.29. The summed E-state index contributed by atoms with van der Waals surface area (Å²) in [6.45, 7) is -0.264. The monoisotopic (exact) mass is 414 g/mol. The standard InChI is InChI=1S/C19H22N6O5/c20-11(6-10-4-2-1-3-5-10)19(28)29-7-12-14(26)15(27)18(30-12)25-9-24-13-16(21)22-8-23-17(13)25/h1-5,8-9,11-12,14-15,18,26-27H,6-7,20H2,(H2,21,22,23)/t11-,12+,14-,15+,18+/m0/s1. The first kappa shape index (κ1) is 20.2. The maximum absolute atomic E-state index is 12.2. The lowest BCUT2D eigenvalue weighted by atomic mass is 10.1. The summed E-state index contributed by atoms with van der Waals surface area (Å²) in [6, 6.07) is 8.46. The number of nitrogens with two attached hydrogens (primary N) is 2. The van der Waals surface area contributed by atoms with Crippen LogP contribution in [0.1, 0.15) is 11.8 Å². The smallest absolute Gasteiger partial charge is 0.323 e. The highest BCUT2D eigenvalue weighted by Crippen LogP contribution is 2.32. The Bertz CT molecular complexity index is 1030. The highest BCUT2D eigenvalue weighted by Gasteiger charge is 2.45. The largest absolute Gasteiger partial charge is 0.462 e. The fraction of sp³-hybridized carbons (Fsp3) is 0.368. The Labute approximate surface area is 171 Å². The number of nitrogen functional groups attached to an aromatic ring is 1. The van der Waals surface area contributed by atoms with Crippen LogP contribution in [0.3, 0.4) is 0 Å². The molecule has 5 atom stereocenters. The fourth-order valence-electron chi connectivity index (χ4n) is 3.38. The molecule has 158 valence electrons. The van der Waals surface area contributed by atoms with Crippen LogP contribution in [0.15, 0.2) is 43.0 Å². The maximum atomic E-state index is 12.2. The Morgan fingerprint density at radius 3 is 2.73 bits per heavy atom. The van der Waals surface area contributed by atoms with Crippen molar-refractivity contribution in [2.45, 2.75) is 37.0 Å². The molecule has 0 radical (unpaired) electrons. The van der Waals surface area contributed by atoms with E-state index in [9.17, 15) is 15.0 Å². The fourth-order valence-corrected chi connectivity index (χ4v) is 3.38. The van der Waals surface area contributed by atoms with Crippen molar-refractivity contribution in [1.82, 2.24) is 19.5 Å². The van der Waals surface area contributed by atoms with Gasteiger partial charge in [0.2, 0.25) is 0 Å². The average molecular weight is 414 g/mol. The number of aliphatic hydroxyl groups is 2. The summed E-state index contributed by atoms with van der Waals surface area (Å²) in [4.78, 5) is 24.3. The van der Waals surface area contributed by atoms with Crippen molar-refractivity contribution in [2.75, 3.05) is 12.3 Å². The van der Waals surface area contributed by atoms with E-state index in [2.05, 4.69) is 15.0 Å². The number of ether oxygens (including phenoxy) is 2. The molecule has 1 aromatic carbocycles. The van der Waals surface area contributed by atoms with Crippen molar-refractivity contribution in [3.8, 4) is 0 Å². The van der Waals surface area contributed by atoms with Gasteiger partial charge >= 0.3 is 5.97 Å². The number of nitrogens with zero attached hydrogens (tertiary/aromatic N) is 4. The summed E-state index contributed by atoms with van der Waals surface area (Å²) in [5.74, 6) is -0.439. The van der Waals surface area contributed by atoms with E-state index in [4.69, 9.17) is 20.9 Å². The Kier molecular flexibility index (Phi) is 5.59. The molecule has 0 bridgehead atoms. The number of anilines is 1. The van der Waals surface area contributed by atoms with Gasteiger partial charge < -0.3 is 31.2 Å². The molecule has 0 amide bonds. The third kappa shape index (κ3) is 3.83. The second kappa shape index (κ2) is 8.32. The number of hydrogen-bond donors (Lipinski definition) is 4. The molecule has 11 nitrogen and oxygen atoms in total. The molecule has 3 aromatic rings. The molecule has 1 fully saturated rings. The molecule has 1 saturated heterocycles. The SMILES string of the molecule is Nc1ncnc2c1ncn2[C@@H]1O[C@H](COC(=O)[C@@H](N)Cc2ccccc2)[C@H](O)[C@H]1O. The molecule has 4 rings (SSSR count). The van der Waals surface area contributed by atoms with Crippen LogP contribution in [0.2, 0.25) is 0 Å². The van der Waals surface area contributed by atoms with Gasteiger partial charge in [-0.05, 0) is 12.0 Å². The van der Waals surface area contributed by atoms with E-state index >= 15 is 0 Å². The summed E-state index contributed by atoms with van der Waals surface area (Å²) in [5, 5.41) is 20.8. The first-order valence-electron chi connectivity index (χ1n) is 9.36. The van der Waals surface area contributed by atoms with Crippen molar-refractivity contribution >= 4 is 23.0 Å². The number of fused-ring (bicyclic) bond motifs is 1. The lowest BCUT2D eigenvalue weighted by molar-refractivity contribution is -0.151. The molecule has 6 N–H and O–H groups in total. The minimum Gasteiger partial charge on any atom is -0.462 e. The number of aromatic nitrogens is 4. The van der Waals surface area contributed by atoms with Gasteiger partial charge in [0.15, 0.2) is 17.7 Å². The zero-order chi connectivity index (χ0) is 21.3. The van der Waals surface area contributed by atoms with E-state index < -0.39 is 36.6 Å². The van der Waals surface area contributed by atoms with Gasteiger partial charge in [-0.15, -0.1) is 0 Å². The van der Waals surface area contributed by atoms with E-state index in [0.29, 0.717) is 17.6 Å². The second-order valence-corrected chi connectivity index (χ2v) is 7.06. The summed E-state index contributed by atoms with van der Waals surface area (Å²) < 4.78 is 12.4. The van der Waals surface area contributed by atoms with E-state index in [1.54, 1.807) is 0 Å². The number of hydrogen-bond acceptors (Lipinski definition) is 10. The van der Waals surface area contributed by atoms with Crippen molar-refractivity contribution < 1.29 is 24.5 Å². The first-order valence-corrected chi connectivity index (χ1v) is 9.36. The molecule has 1 aliphatic rings. The highest BCUT2D eigenvalue weighted by molar-refractivity contribution is 5.81. The van der Waals surface area contributed by atoms with Crippen LogP contribution in [0, 0.1) is 0 Å². The lowest BCUT2D eigenvalue weighted by Crippen LogP contribution is -2.38. The van der Waals surface area contributed by atoms with Crippen LogP contribution in [0.4, 0.5) is 5.82 Å². The number of carbonyl (C=O) groups is 1. The van der Waals surface area contributed by atoms with Gasteiger partial charge in [-0.3, -0.25) is 9.36 Å². The van der Waals surface area contributed by atoms with Crippen LogP contribution in [0.5, 0.6) is 0 Å². The van der Waals surface area contributed by atoms with Gasteiger partial charge in [-0.1, -0.05) is 30.3 Å². The molecule has 11 heteroatoms. The first-order chi connectivity index (χ1) is 14.5. The van der Waals surface area contributed by atoms with E-state index in [1.807, 2.05) is 30.3 Å². The van der Waals surface area contributed by atoms with Crippen molar-refractivity contribution in [2.24, 2.45) is 5.73 Å². The minimum absolute atomic E-state index is 0.185. The van der Waals surface area contributed by atoms with Crippen LogP contribution >= 0.6 is 0 Å². The molecule has 1 aliphatic heterocycles. The van der Waals surface area contributed by atoms with Gasteiger partial charge in [-0.25, -0.2) is 15.0 Å². The second-order valence-electron chi connectivity index (χ2n) is 7.06. The van der Waals surface area contributed by atoms with Gasteiger partial charge in [0.1, 0.15) is 42.8 Å². The normalized spacial score (nSPS) is 24.8. The molecule has 2 aromatic heterocycles.